The summed E-state index contributed by atoms with van der Waals surface area (Å²) in [7, 11) is 0. The van der Waals surface area contributed by atoms with Gasteiger partial charge < -0.3 is 5.32 Å². The number of aryl methyl sites for hydroxylation is 1. The van der Waals surface area contributed by atoms with Crippen LogP contribution in [0.5, 0.6) is 0 Å². The maximum Gasteiger partial charge on any atom is 0.295 e. The summed E-state index contributed by atoms with van der Waals surface area (Å²) in [6.45, 7) is 1.58. The summed E-state index contributed by atoms with van der Waals surface area (Å²) in [6.07, 6.45) is 0. The fourth-order valence-corrected chi connectivity index (χ4v) is 1.91. The maximum atomic E-state index is 13.5. The first kappa shape index (κ1) is 13.9. The second-order valence-corrected chi connectivity index (χ2v) is 4.32. The summed E-state index contributed by atoms with van der Waals surface area (Å²) in [5.41, 5.74) is 0.823. The first-order chi connectivity index (χ1) is 9.49. The molecule has 0 fully saturated rings. The molecule has 6 heteroatoms. The molecule has 0 bridgehead atoms. The third kappa shape index (κ3) is 2.90. The van der Waals surface area contributed by atoms with Gasteiger partial charge in [0.05, 0.1) is 4.92 Å². The van der Waals surface area contributed by atoms with Gasteiger partial charge in [0.15, 0.2) is 0 Å². The molecule has 2 aromatic rings. The van der Waals surface area contributed by atoms with Crippen molar-refractivity contribution in [2.24, 2.45) is 0 Å². The highest BCUT2D eigenvalue weighted by Gasteiger charge is 2.16. The maximum absolute atomic E-state index is 13.5. The highest BCUT2D eigenvalue weighted by molar-refractivity contribution is 5.65. The van der Waals surface area contributed by atoms with Crippen LogP contribution in [-0.4, -0.2) is 4.92 Å². The van der Waals surface area contributed by atoms with Crippen LogP contribution in [0.25, 0.3) is 0 Å². The van der Waals surface area contributed by atoms with Gasteiger partial charge in [0.2, 0.25) is 0 Å². The molecule has 2 rings (SSSR count). The zero-order valence-electron chi connectivity index (χ0n) is 10.7. The lowest BCUT2D eigenvalue weighted by molar-refractivity contribution is -0.384. The van der Waals surface area contributed by atoms with Crippen molar-refractivity contribution in [3.05, 3.63) is 69.3 Å². The number of halogens is 2. The quantitative estimate of drug-likeness (QED) is 0.683. The van der Waals surface area contributed by atoms with Gasteiger partial charge in [-0.05, 0) is 31.2 Å². The molecule has 4 nitrogen and oxygen atoms in total. The molecule has 0 spiro atoms. The number of hydrogen-bond acceptors (Lipinski definition) is 3. The topological polar surface area (TPSA) is 55.2 Å². The van der Waals surface area contributed by atoms with Gasteiger partial charge in [-0.25, -0.2) is 8.78 Å². The van der Waals surface area contributed by atoms with Crippen molar-refractivity contribution < 1.29 is 13.7 Å². The largest absolute Gasteiger partial charge is 0.375 e. The first-order valence-electron chi connectivity index (χ1n) is 5.91. The summed E-state index contributed by atoms with van der Waals surface area (Å²) in [5.74, 6) is -1.11. The first-order valence-corrected chi connectivity index (χ1v) is 5.91. The Bertz CT molecular complexity index is 660. The van der Waals surface area contributed by atoms with E-state index < -0.39 is 16.6 Å². The van der Waals surface area contributed by atoms with Crippen LogP contribution in [-0.2, 0) is 6.54 Å². The van der Waals surface area contributed by atoms with Gasteiger partial charge in [0, 0.05) is 17.7 Å². The molecule has 2 aromatic carbocycles. The fraction of sp³-hybridized carbons (Fsp3) is 0.143. The molecule has 104 valence electrons. The molecule has 0 saturated carbocycles. The van der Waals surface area contributed by atoms with E-state index >= 15 is 0 Å². The van der Waals surface area contributed by atoms with E-state index in [2.05, 4.69) is 5.32 Å². The van der Waals surface area contributed by atoms with Crippen molar-refractivity contribution in [1.29, 1.82) is 0 Å². The predicted octanol–water partition coefficient (Wildman–Crippen LogP) is 3.79. The Morgan fingerprint density at radius 3 is 2.70 bits per heavy atom. The van der Waals surface area contributed by atoms with E-state index in [1.165, 1.54) is 6.07 Å². The number of rotatable bonds is 4. The lowest BCUT2D eigenvalue weighted by atomic mass is 10.1. The summed E-state index contributed by atoms with van der Waals surface area (Å²) >= 11 is 0. The monoisotopic (exact) mass is 278 g/mol. The van der Waals surface area contributed by atoms with Gasteiger partial charge in [-0.3, -0.25) is 10.1 Å². The Morgan fingerprint density at radius 1 is 1.25 bits per heavy atom. The molecule has 20 heavy (non-hydrogen) atoms. The number of anilines is 1. The lowest BCUT2D eigenvalue weighted by Gasteiger charge is -2.09. The molecule has 0 heterocycles. The smallest absolute Gasteiger partial charge is 0.295 e. The minimum absolute atomic E-state index is 0.0338. The van der Waals surface area contributed by atoms with E-state index in [9.17, 15) is 18.9 Å². The number of hydrogen-bond donors (Lipinski definition) is 1. The van der Waals surface area contributed by atoms with Crippen molar-refractivity contribution in [3.63, 3.8) is 0 Å². The number of nitro benzene ring substituents is 1. The third-order valence-corrected chi connectivity index (χ3v) is 2.90. The van der Waals surface area contributed by atoms with E-state index in [-0.39, 0.29) is 23.5 Å². The molecular formula is C14H12F2N2O2. The van der Waals surface area contributed by atoms with Gasteiger partial charge in [-0.15, -0.1) is 0 Å². The second-order valence-electron chi connectivity index (χ2n) is 4.32. The summed E-state index contributed by atoms with van der Waals surface area (Å²) in [5, 5.41) is 13.8. The number of nitrogens with one attached hydrogen (secondary N) is 1. The molecule has 0 saturated heterocycles. The van der Waals surface area contributed by atoms with Gasteiger partial charge in [0.1, 0.15) is 17.3 Å². The third-order valence-electron chi connectivity index (χ3n) is 2.90. The molecule has 0 atom stereocenters. The molecule has 0 aliphatic rings. The SMILES string of the molecule is Cc1cccc(NCc2cc(F)ccc2F)c1[N+](=O)[O-]. The number of nitro groups is 1. The normalized spacial score (nSPS) is 10.3. The Morgan fingerprint density at radius 2 is 2.00 bits per heavy atom. The standard InChI is InChI=1S/C14H12F2N2O2/c1-9-3-2-4-13(14(9)18(19)20)17-8-10-7-11(15)5-6-12(10)16/h2-7,17H,8H2,1H3. The lowest BCUT2D eigenvalue weighted by Crippen LogP contribution is -2.05. The molecule has 0 amide bonds. The summed E-state index contributed by atoms with van der Waals surface area (Å²) in [6, 6.07) is 7.91. The minimum Gasteiger partial charge on any atom is -0.375 e. The van der Waals surface area contributed by atoms with Crippen molar-refractivity contribution in [2.45, 2.75) is 13.5 Å². The van der Waals surface area contributed by atoms with E-state index in [0.29, 0.717) is 5.56 Å². The van der Waals surface area contributed by atoms with Crippen LogP contribution in [0.1, 0.15) is 11.1 Å². The number of para-hydroxylation sites is 1. The van der Waals surface area contributed by atoms with Gasteiger partial charge in [0.25, 0.3) is 5.69 Å². The van der Waals surface area contributed by atoms with Crippen molar-refractivity contribution in [1.82, 2.24) is 0 Å². The van der Waals surface area contributed by atoms with E-state index in [4.69, 9.17) is 0 Å². The molecule has 0 aliphatic carbocycles. The molecule has 0 aliphatic heterocycles. The van der Waals surface area contributed by atoms with Gasteiger partial charge in [-0.1, -0.05) is 12.1 Å². The van der Waals surface area contributed by atoms with Crippen LogP contribution < -0.4 is 5.32 Å². The molecular weight excluding hydrogens is 266 g/mol. The Hall–Kier alpha value is -2.50. The number of nitrogens with zero attached hydrogens (tertiary/aromatic N) is 1. The van der Waals surface area contributed by atoms with E-state index in [0.717, 1.165) is 18.2 Å². The van der Waals surface area contributed by atoms with Crippen LogP contribution in [0.4, 0.5) is 20.2 Å². The highest BCUT2D eigenvalue weighted by Crippen LogP contribution is 2.28. The second kappa shape index (κ2) is 5.64. The molecule has 0 aromatic heterocycles. The Labute approximate surface area is 114 Å². The fourth-order valence-electron chi connectivity index (χ4n) is 1.91. The van der Waals surface area contributed by atoms with Crippen LogP contribution in [0.15, 0.2) is 36.4 Å². The van der Waals surface area contributed by atoms with Gasteiger partial charge >= 0.3 is 0 Å². The average Bonchev–Trinajstić information content (AvgIpc) is 2.39. The van der Waals surface area contributed by atoms with Crippen LogP contribution in [0.2, 0.25) is 0 Å². The van der Waals surface area contributed by atoms with Gasteiger partial charge in [-0.2, -0.15) is 0 Å². The molecule has 0 radical (unpaired) electrons. The average molecular weight is 278 g/mol. The highest BCUT2D eigenvalue weighted by atomic mass is 19.1. The van der Waals surface area contributed by atoms with Crippen molar-refractivity contribution in [3.8, 4) is 0 Å². The number of benzene rings is 2. The summed E-state index contributed by atoms with van der Waals surface area (Å²) in [4.78, 5) is 10.5. The van der Waals surface area contributed by atoms with E-state index in [1.807, 2.05) is 0 Å². The van der Waals surface area contributed by atoms with Crippen LogP contribution in [0, 0.1) is 28.7 Å². The summed E-state index contributed by atoms with van der Waals surface area (Å²) < 4.78 is 26.5. The van der Waals surface area contributed by atoms with Crippen LogP contribution in [0.3, 0.4) is 0 Å². The zero-order chi connectivity index (χ0) is 14.7. The Kier molecular flexibility index (Phi) is 3.93. The predicted molar refractivity (Wildman–Crippen MR) is 71.5 cm³/mol. The van der Waals surface area contributed by atoms with E-state index in [1.54, 1.807) is 19.1 Å². The van der Waals surface area contributed by atoms with Crippen molar-refractivity contribution >= 4 is 11.4 Å². The zero-order valence-corrected chi connectivity index (χ0v) is 10.7. The van der Waals surface area contributed by atoms with Crippen LogP contribution >= 0.6 is 0 Å². The Balaban J connectivity index is 2.25. The molecule has 0 unspecified atom stereocenters. The molecule has 1 N–H and O–H groups in total. The minimum atomic E-state index is -0.561. The van der Waals surface area contributed by atoms with Crippen molar-refractivity contribution in [2.75, 3.05) is 5.32 Å².